The lowest BCUT2D eigenvalue weighted by atomic mass is 9.93. The largest absolute Gasteiger partial charge is 0.489 e. The highest BCUT2D eigenvalue weighted by molar-refractivity contribution is 7.78. The summed E-state index contributed by atoms with van der Waals surface area (Å²) in [6, 6.07) is 14.5. The third kappa shape index (κ3) is 7.18. The number of ether oxygens (including phenoxy) is 2. The predicted octanol–water partition coefficient (Wildman–Crippen LogP) is 4.99. The maximum Gasteiger partial charge on any atom is 0.408 e. The summed E-state index contributed by atoms with van der Waals surface area (Å²) < 4.78 is 13.7. The Morgan fingerprint density at radius 3 is 2.27 bits per heavy atom. The molecular weight excluding hydrogens is 402 g/mol. The molecule has 7 nitrogen and oxygen atoms in total. The fourth-order valence-corrected chi connectivity index (χ4v) is 2.80. The number of thiol groups is 1. The van der Waals surface area contributed by atoms with Crippen molar-refractivity contribution in [3.63, 3.8) is 0 Å². The van der Waals surface area contributed by atoms with Crippen LogP contribution in [0.1, 0.15) is 45.7 Å². The molecule has 2 aromatic carbocycles. The average molecular weight is 432 g/mol. The Balaban J connectivity index is 2.31. The minimum absolute atomic E-state index is 0.361. The van der Waals surface area contributed by atoms with Gasteiger partial charge in [0, 0.05) is 11.3 Å². The molecule has 0 fully saturated rings. The summed E-state index contributed by atoms with van der Waals surface area (Å²) in [6.07, 6.45) is -0.548. The second-order valence-corrected chi connectivity index (χ2v) is 8.53. The SMILES string of the molecule is CC(C)(C)OC(=O)NC(C)(C)c1cc(NC(=O)NS)ccc1OCc1ccccc1. The van der Waals surface area contributed by atoms with Crippen LogP contribution in [0.3, 0.4) is 0 Å². The van der Waals surface area contributed by atoms with E-state index in [1.807, 2.05) is 44.2 Å². The molecule has 0 aliphatic heterocycles. The van der Waals surface area contributed by atoms with Crippen molar-refractivity contribution < 1.29 is 19.1 Å². The molecule has 0 heterocycles. The minimum atomic E-state index is -0.844. The van der Waals surface area contributed by atoms with Crippen LogP contribution in [0.2, 0.25) is 0 Å². The second-order valence-electron chi connectivity index (χ2n) is 8.30. The molecule has 0 saturated carbocycles. The molecule has 0 unspecified atom stereocenters. The number of benzene rings is 2. The van der Waals surface area contributed by atoms with E-state index in [-0.39, 0.29) is 0 Å². The number of alkyl carbamates (subject to hydrolysis) is 1. The van der Waals surface area contributed by atoms with Gasteiger partial charge in [0.15, 0.2) is 0 Å². The zero-order valence-corrected chi connectivity index (χ0v) is 18.8. The van der Waals surface area contributed by atoms with E-state index in [1.54, 1.807) is 39.0 Å². The van der Waals surface area contributed by atoms with Crippen LogP contribution in [0.15, 0.2) is 48.5 Å². The molecule has 0 atom stereocenters. The van der Waals surface area contributed by atoms with Crippen molar-refractivity contribution in [2.75, 3.05) is 5.32 Å². The molecule has 8 heteroatoms. The first kappa shape index (κ1) is 23.4. The number of amides is 3. The average Bonchev–Trinajstić information content (AvgIpc) is 2.65. The third-order valence-corrected chi connectivity index (χ3v) is 4.27. The molecule has 2 rings (SSSR count). The lowest BCUT2D eigenvalue weighted by Gasteiger charge is -2.31. The topological polar surface area (TPSA) is 88.7 Å². The van der Waals surface area contributed by atoms with Gasteiger partial charge in [-0.1, -0.05) is 43.1 Å². The minimum Gasteiger partial charge on any atom is -0.489 e. The normalized spacial score (nSPS) is 11.4. The Hall–Kier alpha value is -2.87. The third-order valence-electron chi connectivity index (χ3n) is 4.06. The lowest BCUT2D eigenvalue weighted by molar-refractivity contribution is 0.0469. The molecular formula is C22H29N3O4S. The van der Waals surface area contributed by atoms with Gasteiger partial charge in [-0.2, -0.15) is 0 Å². The van der Waals surface area contributed by atoms with Crippen molar-refractivity contribution in [3.8, 4) is 5.75 Å². The van der Waals surface area contributed by atoms with Gasteiger partial charge in [-0.05, 0) is 58.4 Å². The van der Waals surface area contributed by atoms with Gasteiger partial charge in [-0.3, -0.25) is 4.72 Å². The highest BCUT2D eigenvalue weighted by Gasteiger charge is 2.29. The molecule has 3 N–H and O–H groups in total. The number of nitrogens with one attached hydrogen (secondary N) is 3. The van der Waals surface area contributed by atoms with Crippen LogP contribution in [0.4, 0.5) is 15.3 Å². The van der Waals surface area contributed by atoms with Crippen LogP contribution >= 0.6 is 12.8 Å². The zero-order chi connectivity index (χ0) is 22.4. The Bertz CT molecular complexity index is 880. The van der Waals surface area contributed by atoms with Gasteiger partial charge in [0.05, 0.1) is 5.54 Å². The second kappa shape index (κ2) is 9.75. The molecule has 2 aromatic rings. The summed E-state index contributed by atoms with van der Waals surface area (Å²) in [7, 11) is 0. The van der Waals surface area contributed by atoms with Gasteiger partial charge >= 0.3 is 12.1 Å². The highest BCUT2D eigenvalue weighted by Crippen LogP contribution is 2.33. The molecule has 0 bridgehead atoms. The van der Waals surface area contributed by atoms with Gasteiger partial charge in [0.25, 0.3) is 0 Å². The molecule has 0 spiro atoms. The summed E-state index contributed by atoms with van der Waals surface area (Å²) in [5.41, 5.74) is 0.756. The molecule has 0 saturated heterocycles. The number of anilines is 1. The van der Waals surface area contributed by atoms with Gasteiger partial charge in [-0.15, -0.1) is 0 Å². The zero-order valence-electron chi connectivity index (χ0n) is 17.9. The van der Waals surface area contributed by atoms with Crippen molar-refractivity contribution in [1.82, 2.24) is 10.0 Å². The van der Waals surface area contributed by atoms with Crippen molar-refractivity contribution in [1.29, 1.82) is 0 Å². The van der Waals surface area contributed by atoms with Crippen molar-refractivity contribution in [2.45, 2.75) is 52.4 Å². The number of carbonyl (C=O) groups is 2. The van der Waals surface area contributed by atoms with Crippen LogP contribution in [-0.4, -0.2) is 17.7 Å². The smallest absolute Gasteiger partial charge is 0.408 e. The molecule has 30 heavy (non-hydrogen) atoms. The number of urea groups is 1. The fraction of sp³-hybridized carbons (Fsp3) is 0.364. The summed E-state index contributed by atoms with van der Waals surface area (Å²) in [5, 5.41) is 5.55. The standard InChI is InChI=1S/C22H29N3O4S/c1-21(2,3)29-20(27)24-22(4,5)17-13-16(23-19(26)25-30)11-12-18(17)28-14-15-9-7-6-8-10-15/h6-13,30H,14H2,1-5H3,(H,24,27)(H2,23,25,26). The van der Waals surface area contributed by atoms with E-state index in [1.165, 1.54) is 0 Å². The summed E-state index contributed by atoms with van der Waals surface area (Å²) in [4.78, 5) is 24.0. The van der Waals surface area contributed by atoms with Crippen molar-refractivity contribution in [3.05, 3.63) is 59.7 Å². The lowest BCUT2D eigenvalue weighted by Crippen LogP contribution is -2.44. The van der Waals surface area contributed by atoms with Crippen LogP contribution < -0.4 is 20.1 Å². The van der Waals surface area contributed by atoms with Gasteiger partial charge < -0.3 is 20.1 Å². The van der Waals surface area contributed by atoms with E-state index in [0.29, 0.717) is 23.6 Å². The Labute approximate surface area is 183 Å². The Morgan fingerprint density at radius 1 is 1.00 bits per heavy atom. The monoisotopic (exact) mass is 431 g/mol. The maximum absolute atomic E-state index is 12.4. The van der Waals surface area contributed by atoms with E-state index in [0.717, 1.165) is 5.56 Å². The van der Waals surface area contributed by atoms with Crippen molar-refractivity contribution in [2.24, 2.45) is 0 Å². The Kier molecular flexibility index (Phi) is 7.61. The molecule has 162 valence electrons. The van der Waals surface area contributed by atoms with E-state index in [4.69, 9.17) is 9.47 Å². The van der Waals surface area contributed by atoms with Gasteiger partial charge in [0.1, 0.15) is 18.0 Å². The molecule has 0 aliphatic rings. The highest BCUT2D eigenvalue weighted by atomic mass is 32.1. The van der Waals surface area contributed by atoms with E-state index in [9.17, 15) is 9.59 Å². The number of hydrogen-bond donors (Lipinski definition) is 4. The predicted molar refractivity (Wildman–Crippen MR) is 121 cm³/mol. The fourth-order valence-electron chi connectivity index (χ4n) is 2.74. The van der Waals surface area contributed by atoms with E-state index >= 15 is 0 Å². The quantitative estimate of drug-likeness (QED) is 0.485. The van der Waals surface area contributed by atoms with Crippen LogP contribution in [0.25, 0.3) is 0 Å². The van der Waals surface area contributed by atoms with Crippen molar-refractivity contribution >= 4 is 30.6 Å². The molecule has 0 aliphatic carbocycles. The number of rotatable bonds is 6. The molecule has 3 amide bonds. The first-order valence-corrected chi connectivity index (χ1v) is 9.98. The van der Waals surface area contributed by atoms with Gasteiger partial charge in [-0.25, -0.2) is 9.59 Å². The first-order valence-electron chi connectivity index (χ1n) is 9.54. The Morgan fingerprint density at radius 2 is 1.67 bits per heavy atom. The number of hydrogen-bond acceptors (Lipinski definition) is 5. The van der Waals surface area contributed by atoms with Crippen LogP contribution in [0, 0.1) is 0 Å². The van der Waals surface area contributed by atoms with Gasteiger partial charge in [0.2, 0.25) is 0 Å². The van der Waals surface area contributed by atoms with E-state index in [2.05, 4.69) is 28.2 Å². The number of carbonyl (C=O) groups excluding carboxylic acids is 2. The summed E-state index contributed by atoms with van der Waals surface area (Å²) in [5.74, 6) is 0.580. The summed E-state index contributed by atoms with van der Waals surface area (Å²) >= 11 is 3.75. The van der Waals surface area contributed by atoms with Crippen LogP contribution in [-0.2, 0) is 16.9 Å². The first-order chi connectivity index (χ1) is 14.0. The maximum atomic E-state index is 12.4. The summed E-state index contributed by atoms with van der Waals surface area (Å²) in [6.45, 7) is 9.44. The van der Waals surface area contributed by atoms with Crippen LogP contribution in [0.5, 0.6) is 5.75 Å². The molecule has 0 aromatic heterocycles. The van der Waals surface area contributed by atoms with E-state index < -0.39 is 23.3 Å². The molecule has 0 radical (unpaired) electrons.